The van der Waals surface area contributed by atoms with Gasteiger partial charge in [-0.05, 0) is 20.3 Å². The molecule has 7 N–H and O–H groups in total. The maximum Gasteiger partial charge on any atom is 0.321 e. The van der Waals surface area contributed by atoms with Crippen LogP contribution in [0, 0.1) is 5.92 Å². The number of rotatable bonds is 9. The lowest BCUT2D eigenvalue weighted by Gasteiger charge is -2.39. The number of quaternary nitrogens is 1. The van der Waals surface area contributed by atoms with E-state index in [2.05, 4.69) is 22.9 Å². The summed E-state index contributed by atoms with van der Waals surface area (Å²) >= 11 is 1.87. The number of aliphatic carboxylic acids is 2. The summed E-state index contributed by atoms with van der Waals surface area (Å²) in [5.41, 5.74) is 0. The van der Waals surface area contributed by atoms with E-state index in [-0.39, 0.29) is 24.9 Å². The van der Waals surface area contributed by atoms with Crippen LogP contribution in [-0.2, 0) is 9.59 Å². The van der Waals surface area contributed by atoms with Gasteiger partial charge in [0.2, 0.25) is 0 Å². The van der Waals surface area contributed by atoms with Crippen molar-refractivity contribution < 1.29 is 29.8 Å². The van der Waals surface area contributed by atoms with Gasteiger partial charge in [0.15, 0.2) is 0 Å². The summed E-state index contributed by atoms with van der Waals surface area (Å²) in [6, 6.07) is -0.707. The minimum atomic E-state index is -1.15. The molecule has 0 saturated carbocycles. The predicted molar refractivity (Wildman–Crippen MR) is 97.9 cm³/mol. The number of aliphatic hydroxyl groups excluding tert-OH is 1. The van der Waals surface area contributed by atoms with Gasteiger partial charge in [-0.1, -0.05) is 11.8 Å². The highest BCUT2D eigenvalue weighted by atomic mass is 32.2. The van der Waals surface area contributed by atoms with Crippen LogP contribution in [0.5, 0.6) is 0 Å². The highest BCUT2D eigenvalue weighted by Gasteiger charge is 2.40. The molecule has 2 heterocycles. The molecule has 2 rings (SSSR count). The van der Waals surface area contributed by atoms with Crippen molar-refractivity contribution in [3.63, 3.8) is 0 Å². The first-order chi connectivity index (χ1) is 12.3. The number of carboxylic acid groups (broad SMARTS) is 2. The van der Waals surface area contributed by atoms with Gasteiger partial charge in [-0.25, -0.2) is 0 Å². The molecule has 0 aromatic heterocycles. The highest BCUT2D eigenvalue weighted by Crippen LogP contribution is 2.20. The molecule has 26 heavy (non-hydrogen) atoms. The molecule has 9 nitrogen and oxygen atoms in total. The molecular weight excluding hydrogens is 360 g/mol. The van der Waals surface area contributed by atoms with Crippen LogP contribution in [0.3, 0.4) is 0 Å². The van der Waals surface area contributed by atoms with Gasteiger partial charge in [0.1, 0.15) is 11.9 Å². The van der Waals surface area contributed by atoms with Crippen LogP contribution in [0.1, 0.15) is 26.7 Å². The summed E-state index contributed by atoms with van der Waals surface area (Å²) in [5, 5.41) is 37.6. The van der Waals surface area contributed by atoms with E-state index in [9.17, 15) is 19.8 Å². The van der Waals surface area contributed by atoms with E-state index in [4.69, 9.17) is 5.11 Å². The molecule has 150 valence electrons. The Bertz CT molecular complexity index is 497. The number of carbonyl (C=O) groups is 2. The van der Waals surface area contributed by atoms with E-state index in [1.807, 2.05) is 18.7 Å². The van der Waals surface area contributed by atoms with Crippen LogP contribution in [-0.4, -0.2) is 82.5 Å². The summed E-state index contributed by atoms with van der Waals surface area (Å²) < 4.78 is 0. The molecule has 10 heteroatoms. The summed E-state index contributed by atoms with van der Waals surface area (Å²) in [5.74, 6) is -1.19. The summed E-state index contributed by atoms with van der Waals surface area (Å²) in [6.07, 6.45) is 0.0806. The first kappa shape index (κ1) is 21.4. The number of hydrogen-bond acceptors (Lipinski definition) is 7. The number of hydrogen-bond donors (Lipinski definition) is 7. The molecule has 7 atom stereocenters. The Labute approximate surface area is 157 Å². The SMILES string of the molecule is CC1NCC(C[NH+]2CSC(CCO)C2C)C(NC(CC(=O)O)C(=O)O)N1. The Morgan fingerprint density at radius 3 is 2.69 bits per heavy atom. The standard InChI is InChI=1S/C16H30N4O5S/c1-9-13(3-4-21)26-8-20(9)7-11-6-17-10(2)18-15(11)19-12(16(24)25)5-14(22)23/h9-13,15,17-19,21H,3-8H2,1-2H3,(H,22,23)(H,24,25)/p+1. The maximum atomic E-state index is 11.4. The third-order valence-electron chi connectivity index (χ3n) is 5.27. The van der Waals surface area contributed by atoms with E-state index in [1.165, 1.54) is 4.90 Å². The van der Waals surface area contributed by atoms with Gasteiger partial charge in [0.25, 0.3) is 0 Å². The normalized spacial score (nSPS) is 36.0. The second-order valence-corrected chi connectivity index (χ2v) is 8.43. The number of thioether (sulfide) groups is 1. The van der Waals surface area contributed by atoms with Crippen LogP contribution in [0.4, 0.5) is 0 Å². The third kappa shape index (κ3) is 5.80. The molecule has 0 aromatic carbocycles. The lowest BCUT2D eigenvalue weighted by molar-refractivity contribution is -0.909. The molecule has 0 spiro atoms. The molecule has 0 radical (unpaired) electrons. The number of nitrogens with one attached hydrogen (secondary N) is 4. The van der Waals surface area contributed by atoms with Gasteiger partial charge in [0.05, 0.1) is 36.6 Å². The van der Waals surface area contributed by atoms with Crippen molar-refractivity contribution in [2.24, 2.45) is 5.92 Å². The first-order valence-electron chi connectivity index (χ1n) is 9.09. The van der Waals surface area contributed by atoms with Gasteiger partial charge >= 0.3 is 11.9 Å². The zero-order chi connectivity index (χ0) is 19.3. The van der Waals surface area contributed by atoms with Crippen LogP contribution in [0.25, 0.3) is 0 Å². The van der Waals surface area contributed by atoms with Gasteiger partial charge in [-0.3, -0.25) is 20.2 Å². The van der Waals surface area contributed by atoms with Crippen LogP contribution < -0.4 is 20.9 Å². The molecular formula is C16H31N4O5S+. The smallest absolute Gasteiger partial charge is 0.321 e. The predicted octanol–water partition coefficient (Wildman–Crippen LogP) is -2.29. The third-order valence-corrected chi connectivity index (χ3v) is 6.88. The Morgan fingerprint density at radius 2 is 2.08 bits per heavy atom. The van der Waals surface area contributed by atoms with Crippen molar-refractivity contribution in [2.45, 2.75) is 56.4 Å². The molecule has 0 aromatic rings. The van der Waals surface area contributed by atoms with E-state index in [1.54, 1.807) is 0 Å². The molecule has 2 fully saturated rings. The summed E-state index contributed by atoms with van der Waals surface area (Å²) in [6.45, 7) is 5.92. The van der Waals surface area contributed by atoms with E-state index in [0.717, 1.165) is 25.4 Å². The van der Waals surface area contributed by atoms with Crippen molar-refractivity contribution in [3.8, 4) is 0 Å². The molecule has 0 bridgehead atoms. The fourth-order valence-corrected chi connectivity index (χ4v) is 5.25. The van der Waals surface area contributed by atoms with Crippen molar-refractivity contribution in [3.05, 3.63) is 0 Å². The van der Waals surface area contributed by atoms with Gasteiger partial charge in [-0.15, -0.1) is 0 Å². The van der Waals surface area contributed by atoms with Gasteiger partial charge in [0, 0.05) is 19.1 Å². The molecule has 2 saturated heterocycles. The first-order valence-corrected chi connectivity index (χ1v) is 10.1. The van der Waals surface area contributed by atoms with E-state index in [0.29, 0.717) is 11.3 Å². The molecule has 0 aliphatic carbocycles. The molecule has 0 amide bonds. The summed E-state index contributed by atoms with van der Waals surface area (Å²) in [7, 11) is 0. The fraction of sp³-hybridized carbons (Fsp3) is 0.875. The van der Waals surface area contributed by atoms with Gasteiger partial charge in [-0.2, -0.15) is 0 Å². The van der Waals surface area contributed by atoms with Crippen LogP contribution >= 0.6 is 11.8 Å². The number of aliphatic hydroxyl groups is 1. The Balaban J connectivity index is 2.00. The maximum absolute atomic E-state index is 11.4. The number of carboxylic acids is 2. The lowest BCUT2D eigenvalue weighted by atomic mass is 9.99. The van der Waals surface area contributed by atoms with Crippen molar-refractivity contribution >= 4 is 23.7 Å². The second kappa shape index (κ2) is 9.86. The average Bonchev–Trinajstić information content (AvgIpc) is 2.90. The molecule has 7 unspecified atom stereocenters. The van der Waals surface area contributed by atoms with Crippen molar-refractivity contribution in [2.75, 3.05) is 25.6 Å². The Morgan fingerprint density at radius 1 is 1.35 bits per heavy atom. The zero-order valence-corrected chi connectivity index (χ0v) is 16.1. The van der Waals surface area contributed by atoms with E-state index >= 15 is 0 Å². The van der Waals surface area contributed by atoms with Gasteiger partial charge < -0.3 is 25.5 Å². The highest BCUT2D eigenvalue weighted by molar-refractivity contribution is 7.99. The van der Waals surface area contributed by atoms with Crippen molar-refractivity contribution in [1.82, 2.24) is 16.0 Å². The quantitative estimate of drug-likeness (QED) is 0.232. The van der Waals surface area contributed by atoms with Crippen LogP contribution in [0.15, 0.2) is 0 Å². The van der Waals surface area contributed by atoms with Crippen molar-refractivity contribution in [1.29, 1.82) is 0 Å². The monoisotopic (exact) mass is 391 g/mol. The van der Waals surface area contributed by atoms with E-state index < -0.39 is 24.4 Å². The Hall–Kier alpha value is -0.910. The molecule has 2 aliphatic heterocycles. The average molecular weight is 392 g/mol. The second-order valence-electron chi connectivity index (χ2n) is 7.20. The largest absolute Gasteiger partial charge is 0.481 e. The molecule has 2 aliphatic rings. The minimum absolute atomic E-state index is 0.0190. The lowest BCUT2D eigenvalue weighted by Crippen LogP contribution is -3.15. The Kier molecular flexibility index (Phi) is 8.11. The minimum Gasteiger partial charge on any atom is -0.481 e. The van der Waals surface area contributed by atoms with Crippen LogP contribution in [0.2, 0.25) is 0 Å². The summed E-state index contributed by atoms with van der Waals surface area (Å²) in [4.78, 5) is 23.8. The topological polar surface area (TPSA) is 135 Å². The fourth-order valence-electron chi connectivity index (χ4n) is 3.69. The zero-order valence-electron chi connectivity index (χ0n) is 15.3.